The van der Waals surface area contributed by atoms with E-state index in [4.69, 9.17) is 21.9 Å². The summed E-state index contributed by atoms with van der Waals surface area (Å²) < 4.78 is 18.9. The molecule has 3 aromatic rings. The first-order valence-corrected chi connectivity index (χ1v) is 7.20. The molecular formula is C15H9BrClFN2O. The van der Waals surface area contributed by atoms with Gasteiger partial charge in [-0.25, -0.2) is 4.39 Å². The highest BCUT2D eigenvalue weighted by atomic mass is 79.9. The fraction of sp³-hybridized carbons (Fsp3) is 0. The van der Waals surface area contributed by atoms with Crippen molar-refractivity contribution in [3.63, 3.8) is 0 Å². The Morgan fingerprint density at radius 2 is 1.76 bits per heavy atom. The monoisotopic (exact) mass is 366 g/mol. The Balaban J connectivity index is 2.16. The Hall–Kier alpha value is -1.85. The summed E-state index contributed by atoms with van der Waals surface area (Å²) in [6.45, 7) is 0. The summed E-state index contributed by atoms with van der Waals surface area (Å²) in [4.78, 5) is 0. The lowest BCUT2D eigenvalue weighted by Gasteiger charge is -2.04. The summed E-state index contributed by atoms with van der Waals surface area (Å²) in [6, 6.07) is 11.4. The molecule has 0 bridgehead atoms. The number of benzene rings is 2. The van der Waals surface area contributed by atoms with Crippen LogP contribution >= 0.6 is 27.5 Å². The number of hydrogen-bond donors (Lipinski definition) is 1. The molecule has 0 aliphatic heterocycles. The summed E-state index contributed by atoms with van der Waals surface area (Å²) in [6.07, 6.45) is 0. The average molecular weight is 368 g/mol. The van der Waals surface area contributed by atoms with Gasteiger partial charge in [0, 0.05) is 10.0 Å². The van der Waals surface area contributed by atoms with E-state index in [-0.39, 0.29) is 11.7 Å². The highest BCUT2D eigenvalue weighted by Crippen LogP contribution is 2.38. The molecule has 0 atom stereocenters. The molecule has 106 valence electrons. The van der Waals surface area contributed by atoms with E-state index < -0.39 is 0 Å². The van der Waals surface area contributed by atoms with Gasteiger partial charge < -0.3 is 10.3 Å². The number of halogens is 3. The van der Waals surface area contributed by atoms with Gasteiger partial charge in [0.15, 0.2) is 0 Å². The van der Waals surface area contributed by atoms with Gasteiger partial charge in [-0.3, -0.25) is 0 Å². The molecule has 3 rings (SSSR count). The van der Waals surface area contributed by atoms with Gasteiger partial charge >= 0.3 is 0 Å². The smallest absolute Gasteiger partial charge is 0.230 e. The van der Waals surface area contributed by atoms with Gasteiger partial charge in [-0.2, -0.15) is 0 Å². The van der Waals surface area contributed by atoms with Crippen molar-refractivity contribution in [1.82, 2.24) is 5.16 Å². The molecule has 0 fully saturated rings. The van der Waals surface area contributed by atoms with Crippen molar-refractivity contribution in [3.8, 4) is 22.4 Å². The van der Waals surface area contributed by atoms with E-state index in [0.29, 0.717) is 16.3 Å². The third-order valence-electron chi connectivity index (χ3n) is 3.04. The molecule has 0 amide bonds. The Morgan fingerprint density at radius 1 is 1.10 bits per heavy atom. The zero-order valence-electron chi connectivity index (χ0n) is 10.6. The van der Waals surface area contributed by atoms with Crippen molar-refractivity contribution >= 4 is 33.4 Å². The van der Waals surface area contributed by atoms with E-state index >= 15 is 0 Å². The molecule has 2 aromatic carbocycles. The normalized spacial score (nSPS) is 10.8. The van der Waals surface area contributed by atoms with E-state index in [1.165, 1.54) is 12.1 Å². The van der Waals surface area contributed by atoms with Crippen molar-refractivity contribution in [2.24, 2.45) is 0 Å². The summed E-state index contributed by atoms with van der Waals surface area (Å²) in [5.74, 6) is -0.132. The molecule has 6 heteroatoms. The first-order chi connectivity index (χ1) is 10.1. The van der Waals surface area contributed by atoms with Crippen LogP contribution in [0.3, 0.4) is 0 Å². The molecule has 0 unspecified atom stereocenters. The molecule has 0 aliphatic rings. The molecule has 2 N–H and O–H groups in total. The lowest BCUT2D eigenvalue weighted by atomic mass is 10.0. The summed E-state index contributed by atoms with van der Waals surface area (Å²) in [5.41, 5.74) is 8.59. The maximum absolute atomic E-state index is 13.1. The second-order valence-corrected chi connectivity index (χ2v) is 5.67. The minimum atomic E-state index is -0.315. The highest BCUT2D eigenvalue weighted by molar-refractivity contribution is 9.10. The maximum atomic E-state index is 13.1. The van der Waals surface area contributed by atoms with Crippen LogP contribution in [-0.4, -0.2) is 5.16 Å². The molecule has 3 nitrogen and oxygen atoms in total. The summed E-state index contributed by atoms with van der Waals surface area (Å²) in [5, 5.41) is 4.59. The highest BCUT2D eigenvalue weighted by Gasteiger charge is 2.18. The fourth-order valence-electron chi connectivity index (χ4n) is 2.04. The van der Waals surface area contributed by atoms with Gasteiger partial charge in [-0.1, -0.05) is 35.0 Å². The molecule has 21 heavy (non-hydrogen) atoms. The molecule has 0 radical (unpaired) electrons. The number of nitrogens with zero attached hydrogens (tertiary/aromatic N) is 1. The Labute approximate surface area is 133 Å². The van der Waals surface area contributed by atoms with Crippen molar-refractivity contribution in [2.45, 2.75) is 0 Å². The van der Waals surface area contributed by atoms with Crippen molar-refractivity contribution in [2.75, 3.05) is 5.73 Å². The van der Waals surface area contributed by atoms with E-state index in [1.54, 1.807) is 18.2 Å². The van der Waals surface area contributed by atoms with Crippen LogP contribution in [0, 0.1) is 5.82 Å². The van der Waals surface area contributed by atoms with Crippen molar-refractivity contribution in [3.05, 3.63) is 57.8 Å². The fourth-order valence-corrected chi connectivity index (χ4v) is 2.54. The molecule has 1 aromatic heterocycles. The minimum absolute atomic E-state index is 0.183. The van der Waals surface area contributed by atoms with Gasteiger partial charge in [-0.15, -0.1) is 0 Å². The zero-order valence-corrected chi connectivity index (χ0v) is 13.0. The van der Waals surface area contributed by atoms with Gasteiger partial charge in [0.25, 0.3) is 0 Å². The predicted molar refractivity (Wildman–Crippen MR) is 84.5 cm³/mol. The predicted octanol–water partition coefficient (Wildman–Crippen LogP) is 5.15. The van der Waals surface area contributed by atoms with Gasteiger partial charge in [-0.05, 0) is 45.8 Å². The standard InChI is InChI=1S/C15H9BrClFN2O/c16-11-7-9(3-6-12(11)17)14-13(15(19)21-20-14)8-1-4-10(18)5-2-8/h1-7H,19H2. The van der Waals surface area contributed by atoms with Crippen LogP contribution in [0.1, 0.15) is 0 Å². The van der Waals surface area contributed by atoms with E-state index in [9.17, 15) is 4.39 Å². The SMILES string of the molecule is Nc1onc(-c2ccc(Cl)c(Br)c2)c1-c1ccc(F)cc1. The first-order valence-electron chi connectivity index (χ1n) is 6.03. The lowest BCUT2D eigenvalue weighted by molar-refractivity contribution is 0.439. The number of nitrogens with two attached hydrogens (primary N) is 1. The van der Waals surface area contributed by atoms with Gasteiger partial charge in [0.1, 0.15) is 11.5 Å². The molecule has 0 spiro atoms. The molecule has 0 aliphatic carbocycles. The average Bonchev–Trinajstić information content (AvgIpc) is 2.85. The Bertz CT molecular complexity index is 802. The summed E-state index contributed by atoms with van der Waals surface area (Å²) in [7, 11) is 0. The van der Waals surface area contributed by atoms with Crippen LogP contribution in [0.2, 0.25) is 5.02 Å². The van der Waals surface area contributed by atoms with Crippen LogP contribution in [0.15, 0.2) is 51.5 Å². The number of anilines is 1. The number of aromatic nitrogens is 1. The minimum Gasteiger partial charge on any atom is -0.367 e. The first kappa shape index (κ1) is 14.1. The molecule has 0 saturated heterocycles. The zero-order chi connectivity index (χ0) is 15.0. The van der Waals surface area contributed by atoms with Crippen LogP contribution in [0.5, 0.6) is 0 Å². The van der Waals surface area contributed by atoms with Crippen LogP contribution in [-0.2, 0) is 0 Å². The molecule has 0 saturated carbocycles. The largest absolute Gasteiger partial charge is 0.367 e. The van der Waals surface area contributed by atoms with Gasteiger partial charge in [0.2, 0.25) is 5.88 Å². The van der Waals surface area contributed by atoms with E-state index in [1.807, 2.05) is 12.1 Å². The lowest BCUT2D eigenvalue weighted by Crippen LogP contribution is -1.88. The Kier molecular flexibility index (Phi) is 3.69. The van der Waals surface area contributed by atoms with E-state index in [0.717, 1.165) is 15.6 Å². The van der Waals surface area contributed by atoms with Crippen LogP contribution in [0.25, 0.3) is 22.4 Å². The topological polar surface area (TPSA) is 52.0 Å². The second-order valence-electron chi connectivity index (χ2n) is 4.41. The number of hydrogen-bond acceptors (Lipinski definition) is 3. The Morgan fingerprint density at radius 3 is 2.43 bits per heavy atom. The quantitative estimate of drug-likeness (QED) is 0.682. The third kappa shape index (κ3) is 2.66. The summed E-state index contributed by atoms with van der Waals surface area (Å²) >= 11 is 9.36. The number of nitrogen functional groups attached to an aromatic ring is 1. The van der Waals surface area contributed by atoms with Crippen molar-refractivity contribution < 1.29 is 8.91 Å². The van der Waals surface area contributed by atoms with Crippen molar-refractivity contribution in [1.29, 1.82) is 0 Å². The van der Waals surface area contributed by atoms with Gasteiger partial charge in [0.05, 0.1) is 10.6 Å². The molecule has 1 heterocycles. The second kappa shape index (κ2) is 5.50. The maximum Gasteiger partial charge on any atom is 0.230 e. The molecular weight excluding hydrogens is 359 g/mol. The third-order valence-corrected chi connectivity index (χ3v) is 4.26. The van der Waals surface area contributed by atoms with Crippen LogP contribution in [0.4, 0.5) is 10.3 Å². The number of rotatable bonds is 2. The van der Waals surface area contributed by atoms with Crippen LogP contribution < -0.4 is 5.73 Å². The van der Waals surface area contributed by atoms with E-state index in [2.05, 4.69) is 21.1 Å².